The summed E-state index contributed by atoms with van der Waals surface area (Å²) in [6.45, 7) is 4.00. The summed E-state index contributed by atoms with van der Waals surface area (Å²) in [6.07, 6.45) is 0.828. The molecule has 1 N–H and O–H groups in total. The lowest BCUT2D eigenvalue weighted by Crippen LogP contribution is -2.38. The SMILES string of the molecule is CC1(C)Cc2ccccc2C(NC(=O)C#N)=N1. The van der Waals surface area contributed by atoms with Crippen LogP contribution in [0.5, 0.6) is 0 Å². The predicted molar refractivity (Wildman–Crippen MR) is 64.5 cm³/mol. The van der Waals surface area contributed by atoms with Gasteiger partial charge in [0.2, 0.25) is 0 Å². The number of nitriles is 1. The van der Waals surface area contributed by atoms with Gasteiger partial charge in [-0.15, -0.1) is 0 Å². The van der Waals surface area contributed by atoms with Crippen molar-refractivity contribution in [1.82, 2.24) is 5.32 Å². The third-order valence-electron chi connectivity index (χ3n) is 2.64. The van der Waals surface area contributed by atoms with E-state index in [1.807, 2.05) is 38.1 Å². The van der Waals surface area contributed by atoms with E-state index in [1.54, 1.807) is 0 Å². The van der Waals surface area contributed by atoms with Gasteiger partial charge in [-0.2, -0.15) is 5.26 Å². The molecule has 0 unspecified atom stereocenters. The second-order valence-corrected chi connectivity index (χ2v) is 4.67. The zero-order valence-corrected chi connectivity index (χ0v) is 9.82. The average molecular weight is 227 g/mol. The van der Waals surface area contributed by atoms with Crippen LogP contribution in [0.3, 0.4) is 0 Å². The van der Waals surface area contributed by atoms with Crippen LogP contribution in [0.25, 0.3) is 0 Å². The lowest BCUT2D eigenvalue weighted by molar-refractivity contribution is -0.114. The van der Waals surface area contributed by atoms with Gasteiger partial charge in [0.25, 0.3) is 0 Å². The molecule has 1 aromatic carbocycles. The molecule has 0 atom stereocenters. The molecule has 1 aliphatic heterocycles. The summed E-state index contributed by atoms with van der Waals surface area (Å²) >= 11 is 0. The average Bonchev–Trinajstić information content (AvgIpc) is 2.27. The van der Waals surface area contributed by atoms with Crippen molar-refractivity contribution < 1.29 is 4.79 Å². The van der Waals surface area contributed by atoms with E-state index in [0.29, 0.717) is 5.84 Å². The lowest BCUT2D eigenvalue weighted by atomic mass is 9.89. The van der Waals surface area contributed by atoms with Crippen LogP contribution in [-0.4, -0.2) is 17.3 Å². The van der Waals surface area contributed by atoms with E-state index in [2.05, 4.69) is 10.3 Å². The lowest BCUT2D eigenvalue weighted by Gasteiger charge is -2.28. The molecule has 0 aromatic heterocycles. The van der Waals surface area contributed by atoms with Gasteiger partial charge in [-0.05, 0) is 25.8 Å². The van der Waals surface area contributed by atoms with Crippen molar-refractivity contribution in [2.45, 2.75) is 25.8 Å². The standard InChI is InChI=1S/C13H13N3O/c1-13(2)7-9-5-3-4-6-10(9)12(16-13)15-11(17)8-14/h3-6H,7H2,1-2H3,(H,15,16,17). The van der Waals surface area contributed by atoms with Crippen LogP contribution >= 0.6 is 0 Å². The number of carbonyl (C=O) groups excluding carboxylic acids is 1. The van der Waals surface area contributed by atoms with Crippen molar-refractivity contribution in [2.75, 3.05) is 0 Å². The third-order valence-corrected chi connectivity index (χ3v) is 2.64. The number of nitrogens with zero attached hydrogens (tertiary/aromatic N) is 2. The van der Waals surface area contributed by atoms with E-state index >= 15 is 0 Å². The maximum atomic E-state index is 11.1. The Labute approximate surface area is 100.0 Å². The molecule has 1 amide bonds. The number of carbonyl (C=O) groups is 1. The van der Waals surface area contributed by atoms with Crippen molar-refractivity contribution in [1.29, 1.82) is 5.26 Å². The van der Waals surface area contributed by atoms with Crippen molar-refractivity contribution >= 4 is 11.7 Å². The summed E-state index contributed by atoms with van der Waals surface area (Å²) in [4.78, 5) is 15.6. The second-order valence-electron chi connectivity index (χ2n) is 4.67. The highest BCUT2D eigenvalue weighted by Gasteiger charge is 2.27. The molecule has 0 aliphatic carbocycles. The maximum absolute atomic E-state index is 11.1. The molecule has 0 spiro atoms. The van der Waals surface area contributed by atoms with Gasteiger partial charge >= 0.3 is 5.91 Å². The molecule has 1 heterocycles. The van der Waals surface area contributed by atoms with Gasteiger partial charge < -0.3 is 0 Å². The number of amides is 1. The summed E-state index contributed by atoms with van der Waals surface area (Å²) in [7, 11) is 0. The first kappa shape index (κ1) is 11.3. The molecule has 86 valence electrons. The Kier molecular flexibility index (Phi) is 2.68. The number of hydrogen-bond donors (Lipinski definition) is 1. The molecule has 0 fully saturated rings. The zero-order chi connectivity index (χ0) is 12.5. The van der Waals surface area contributed by atoms with Crippen LogP contribution in [0.1, 0.15) is 25.0 Å². The molecular weight excluding hydrogens is 214 g/mol. The summed E-state index contributed by atoms with van der Waals surface area (Å²) in [5, 5.41) is 11.1. The number of benzene rings is 1. The fourth-order valence-corrected chi connectivity index (χ4v) is 2.00. The first-order valence-electron chi connectivity index (χ1n) is 5.41. The molecule has 4 heteroatoms. The fourth-order valence-electron chi connectivity index (χ4n) is 2.00. The number of aliphatic imine (C=N–C) groups is 1. The van der Waals surface area contributed by atoms with Crippen LogP contribution in [0.15, 0.2) is 29.3 Å². The van der Waals surface area contributed by atoms with Gasteiger partial charge in [-0.25, -0.2) is 0 Å². The van der Waals surface area contributed by atoms with Gasteiger partial charge in [-0.1, -0.05) is 24.3 Å². The molecular formula is C13H13N3O. The van der Waals surface area contributed by atoms with Gasteiger partial charge in [-0.3, -0.25) is 15.1 Å². The molecule has 4 nitrogen and oxygen atoms in total. The van der Waals surface area contributed by atoms with E-state index in [1.165, 1.54) is 6.07 Å². The van der Waals surface area contributed by atoms with Crippen LogP contribution in [0.2, 0.25) is 0 Å². The quantitative estimate of drug-likeness (QED) is 0.681. The zero-order valence-electron chi connectivity index (χ0n) is 9.82. The van der Waals surface area contributed by atoms with Gasteiger partial charge in [0, 0.05) is 5.56 Å². The fraction of sp³-hybridized carbons (Fsp3) is 0.308. The van der Waals surface area contributed by atoms with E-state index in [-0.39, 0.29) is 5.54 Å². The number of nitrogens with one attached hydrogen (secondary N) is 1. The van der Waals surface area contributed by atoms with E-state index in [9.17, 15) is 4.79 Å². The third kappa shape index (κ3) is 2.34. The highest BCUT2D eigenvalue weighted by molar-refractivity contribution is 6.13. The van der Waals surface area contributed by atoms with Crippen molar-refractivity contribution in [3.05, 3.63) is 35.4 Å². The molecule has 1 aromatic rings. The number of hydrogen-bond acceptors (Lipinski definition) is 3. The molecule has 0 saturated heterocycles. The highest BCUT2D eigenvalue weighted by Crippen LogP contribution is 2.25. The summed E-state index contributed by atoms with van der Waals surface area (Å²) in [5.74, 6) is -0.195. The number of rotatable bonds is 0. The topological polar surface area (TPSA) is 65.2 Å². The highest BCUT2D eigenvalue weighted by atomic mass is 16.1. The molecule has 0 radical (unpaired) electrons. The van der Waals surface area contributed by atoms with Crippen molar-refractivity contribution in [3.8, 4) is 6.07 Å². The molecule has 0 bridgehead atoms. The normalized spacial score (nSPS) is 16.4. The summed E-state index contributed by atoms with van der Waals surface area (Å²) in [5.41, 5.74) is 1.78. The summed E-state index contributed by atoms with van der Waals surface area (Å²) < 4.78 is 0. The minimum atomic E-state index is -0.684. The first-order chi connectivity index (χ1) is 8.02. The van der Waals surface area contributed by atoms with Gasteiger partial charge in [0.15, 0.2) is 6.07 Å². The van der Waals surface area contributed by atoms with Crippen LogP contribution < -0.4 is 5.32 Å². The minimum absolute atomic E-state index is 0.258. The van der Waals surface area contributed by atoms with Gasteiger partial charge in [0.05, 0.1) is 5.54 Å². The Morgan fingerprint density at radius 1 is 1.47 bits per heavy atom. The van der Waals surface area contributed by atoms with Crippen molar-refractivity contribution in [3.63, 3.8) is 0 Å². The Bertz CT molecular complexity index is 538. The van der Waals surface area contributed by atoms with Gasteiger partial charge in [0.1, 0.15) is 5.84 Å². The largest absolute Gasteiger partial charge is 0.327 e. The van der Waals surface area contributed by atoms with Crippen molar-refractivity contribution in [2.24, 2.45) is 4.99 Å². The number of fused-ring (bicyclic) bond motifs is 1. The first-order valence-corrected chi connectivity index (χ1v) is 5.41. The van der Waals surface area contributed by atoms with E-state index in [4.69, 9.17) is 5.26 Å². The monoisotopic (exact) mass is 227 g/mol. The molecule has 2 rings (SSSR count). The predicted octanol–water partition coefficient (Wildman–Crippen LogP) is 1.41. The molecule has 0 saturated carbocycles. The Balaban J connectivity index is 2.44. The molecule has 17 heavy (non-hydrogen) atoms. The van der Waals surface area contributed by atoms with E-state index < -0.39 is 5.91 Å². The Hall–Kier alpha value is -2.15. The van der Waals surface area contributed by atoms with Crippen LogP contribution in [0, 0.1) is 11.3 Å². The van der Waals surface area contributed by atoms with Crippen LogP contribution in [0.4, 0.5) is 0 Å². The Morgan fingerprint density at radius 2 is 2.18 bits per heavy atom. The smallest absolute Gasteiger partial charge is 0.298 e. The Morgan fingerprint density at radius 3 is 2.88 bits per heavy atom. The number of amidine groups is 1. The maximum Gasteiger partial charge on any atom is 0.327 e. The molecule has 1 aliphatic rings. The minimum Gasteiger partial charge on any atom is -0.298 e. The van der Waals surface area contributed by atoms with E-state index in [0.717, 1.165) is 17.5 Å². The second kappa shape index (κ2) is 4.02. The van der Waals surface area contributed by atoms with Crippen LogP contribution in [-0.2, 0) is 11.2 Å². The summed E-state index contributed by atoms with van der Waals surface area (Å²) in [6, 6.07) is 9.32.